The number of aromatic amines is 1. The number of hydrogen-bond donors (Lipinski definition) is 3. The maximum absolute atomic E-state index is 13.5. The Kier molecular flexibility index (Phi) is 10.3. The van der Waals surface area contributed by atoms with E-state index in [1.54, 1.807) is 19.2 Å². The van der Waals surface area contributed by atoms with E-state index in [1.165, 1.54) is 6.07 Å². The van der Waals surface area contributed by atoms with Crippen LogP contribution in [0.2, 0.25) is 0 Å². The number of piperidine rings is 1. The molecule has 6 nitrogen and oxygen atoms in total. The number of aromatic nitrogens is 1. The van der Waals surface area contributed by atoms with Crippen LogP contribution in [0.15, 0.2) is 29.4 Å². The number of likely N-dealkylation sites (tertiary alicyclic amines) is 1. The summed E-state index contributed by atoms with van der Waals surface area (Å²) in [6.07, 6.45) is 5.26. The van der Waals surface area contributed by atoms with Crippen molar-refractivity contribution in [3.8, 4) is 0 Å². The van der Waals surface area contributed by atoms with E-state index in [0.29, 0.717) is 12.1 Å². The zero-order valence-electron chi connectivity index (χ0n) is 18.2. The van der Waals surface area contributed by atoms with E-state index in [9.17, 15) is 4.39 Å². The fourth-order valence-corrected chi connectivity index (χ4v) is 3.78. The smallest absolute Gasteiger partial charge is 0.191 e. The largest absolute Gasteiger partial charge is 0.377 e. The second-order valence-corrected chi connectivity index (χ2v) is 7.93. The second kappa shape index (κ2) is 12.5. The molecule has 0 amide bonds. The van der Waals surface area contributed by atoms with E-state index in [2.05, 4.69) is 39.4 Å². The van der Waals surface area contributed by atoms with E-state index >= 15 is 0 Å². The van der Waals surface area contributed by atoms with Gasteiger partial charge in [-0.25, -0.2) is 4.39 Å². The molecule has 1 aromatic heterocycles. The summed E-state index contributed by atoms with van der Waals surface area (Å²) < 4.78 is 19.2. The Morgan fingerprint density at radius 2 is 2.10 bits per heavy atom. The van der Waals surface area contributed by atoms with Crippen LogP contribution in [0.5, 0.6) is 0 Å². The molecule has 8 heteroatoms. The van der Waals surface area contributed by atoms with Gasteiger partial charge >= 0.3 is 0 Å². The highest BCUT2D eigenvalue weighted by atomic mass is 127. The van der Waals surface area contributed by atoms with Gasteiger partial charge in [0, 0.05) is 56.4 Å². The van der Waals surface area contributed by atoms with Crippen LogP contribution in [0.25, 0.3) is 10.9 Å². The van der Waals surface area contributed by atoms with Gasteiger partial charge in [-0.15, -0.1) is 24.0 Å². The third-order valence-corrected chi connectivity index (χ3v) is 5.43. The Morgan fingerprint density at radius 1 is 1.33 bits per heavy atom. The molecule has 1 saturated heterocycles. The molecule has 30 heavy (non-hydrogen) atoms. The van der Waals surface area contributed by atoms with Crippen LogP contribution in [0.3, 0.4) is 0 Å². The molecule has 1 aliphatic heterocycles. The second-order valence-electron chi connectivity index (χ2n) is 7.93. The Hall–Kier alpha value is -1.39. The van der Waals surface area contributed by atoms with Crippen LogP contribution in [0, 0.1) is 5.82 Å². The summed E-state index contributed by atoms with van der Waals surface area (Å²) in [5.74, 6) is 0.628. The van der Waals surface area contributed by atoms with E-state index in [4.69, 9.17) is 4.74 Å². The molecular formula is C22H35FIN5O. The minimum atomic E-state index is -0.203. The maximum Gasteiger partial charge on any atom is 0.191 e. The fraction of sp³-hybridized carbons (Fsp3) is 0.591. The topological polar surface area (TPSA) is 64.7 Å². The predicted octanol–water partition coefficient (Wildman–Crippen LogP) is 3.52. The van der Waals surface area contributed by atoms with Gasteiger partial charge in [0.05, 0.1) is 12.7 Å². The first-order chi connectivity index (χ1) is 14.0. The van der Waals surface area contributed by atoms with E-state index in [-0.39, 0.29) is 29.8 Å². The van der Waals surface area contributed by atoms with E-state index < -0.39 is 0 Å². The number of fused-ring (bicyclic) bond motifs is 1. The molecule has 2 aromatic rings. The van der Waals surface area contributed by atoms with Gasteiger partial charge in [-0.2, -0.15) is 0 Å². The van der Waals surface area contributed by atoms with Gasteiger partial charge in [0.15, 0.2) is 5.96 Å². The van der Waals surface area contributed by atoms with Crippen molar-refractivity contribution in [2.24, 2.45) is 4.99 Å². The van der Waals surface area contributed by atoms with Crippen LogP contribution in [0.1, 0.15) is 32.3 Å². The highest BCUT2D eigenvalue weighted by Crippen LogP contribution is 2.19. The van der Waals surface area contributed by atoms with Gasteiger partial charge in [0.2, 0.25) is 0 Å². The summed E-state index contributed by atoms with van der Waals surface area (Å²) in [6.45, 7) is 8.86. The van der Waals surface area contributed by atoms with Gasteiger partial charge in [-0.1, -0.05) is 0 Å². The SMILES string of the molecule is CN=C(NCCc1c[nH]c2ccc(F)cc12)NC1CCN(CCOC(C)C)CC1.I. The Labute approximate surface area is 196 Å². The number of rotatable bonds is 8. The zero-order valence-corrected chi connectivity index (χ0v) is 20.5. The van der Waals surface area contributed by atoms with Gasteiger partial charge < -0.3 is 25.3 Å². The molecule has 0 unspecified atom stereocenters. The Morgan fingerprint density at radius 3 is 2.80 bits per heavy atom. The van der Waals surface area contributed by atoms with E-state index in [1.807, 2.05) is 6.20 Å². The summed E-state index contributed by atoms with van der Waals surface area (Å²) in [5, 5.41) is 7.88. The fourth-order valence-electron chi connectivity index (χ4n) is 3.78. The molecule has 1 aromatic carbocycles. The zero-order chi connectivity index (χ0) is 20.6. The lowest BCUT2D eigenvalue weighted by atomic mass is 10.1. The monoisotopic (exact) mass is 531 g/mol. The first-order valence-electron chi connectivity index (χ1n) is 10.6. The van der Waals surface area contributed by atoms with Crippen molar-refractivity contribution in [3.05, 3.63) is 35.8 Å². The molecule has 0 saturated carbocycles. The summed E-state index contributed by atoms with van der Waals surface area (Å²) in [4.78, 5) is 10.0. The molecule has 1 aliphatic rings. The van der Waals surface area contributed by atoms with Crippen molar-refractivity contribution in [1.29, 1.82) is 0 Å². The van der Waals surface area contributed by atoms with Crippen molar-refractivity contribution in [2.75, 3.05) is 39.8 Å². The highest BCUT2D eigenvalue weighted by molar-refractivity contribution is 14.0. The predicted molar refractivity (Wildman–Crippen MR) is 132 cm³/mol. The van der Waals surface area contributed by atoms with Crippen molar-refractivity contribution >= 4 is 40.8 Å². The number of hydrogen-bond acceptors (Lipinski definition) is 3. The lowest BCUT2D eigenvalue weighted by Gasteiger charge is -2.33. The van der Waals surface area contributed by atoms with Crippen LogP contribution in [0.4, 0.5) is 4.39 Å². The molecule has 0 atom stereocenters. The molecule has 168 valence electrons. The summed E-state index contributed by atoms with van der Waals surface area (Å²) in [7, 11) is 1.80. The van der Waals surface area contributed by atoms with Crippen LogP contribution >= 0.6 is 24.0 Å². The lowest BCUT2D eigenvalue weighted by molar-refractivity contribution is 0.0532. The lowest BCUT2D eigenvalue weighted by Crippen LogP contribution is -2.49. The standard InChI is InChI=1S/C22H34FN5O.HI/c1-16(2)29-13-12-28-10-7-19(8-11-28)27-22(24-3)25-9-6-17-15-26-21-5-4-18(23)14-20(17)21;/h4-5,14-16,19,26H,6-13H2,1-3H3,(H2,24,25,27);1H. The van der Waals surface area contributed by atoms with Crippen molar-refractivity contribution in [1.82, 2.24) is 20.5 Å². The number of guanidine groups is 1. The molecule has 3 rings (SSSR count). The number of aliphatic imine (C=N–C) groups is 1. The van der Waals surface area contributed by atoms with Crippen molar-refractivity contribution < 1.29 is 9.13 Å². The van der Waals surface area contributed by atoms with Gasteiger partial charge in [0.25, 0.3) is 0 Å². The summed E-state index contributed by atoms with van der Waals surface area (Å²) in [6, 6.07) is 5.29. The quantitative estimate of drug-likeness (QED) is 0.277. The van der Waals surface area contributed by atoms with Crippen LogP contribution in [-0.2, 0) is 11.2 Å². The maximum atomic E-state index is 13.5. The van der Waals surface area contributed by atoms with Crippen LogP contribution in [-0.4, -0.2) is 67.8 Å². The molecule has 3 N–H and O–H groups in total. The van der Waals surface area contributed by atoms with Crippen molar-refractivity contribution in [3.63, 3.8) is 0 Å². The molecule has 0 radical (unpaired) electrons. The normalized spacial score (nSPS) is 16.1. The average molecular weight is 531 g/mol. The number of nitrogens with one attached hydrogen (secondary N) is 3. The molecule has 2 heterocycles. The molecule has 0 spiro atoms. The third-order valence-electron chi connectivity index (χ3n) is 5.43. The third kappa shape index (κ3) is 7.39. The number of nitrogens with zero attached hydrogens (tertiary/aromatic N) is 2. The van der Waals surface area contributed by atoms with Gasteiger partial charge in [-0.3, -0.25) is 4.99 Å². The number of halogens is 2. The molecule has 1 fully saturated rings. The number of ether oxygens (including phenoxy) is 1. The minimum Gasteiger partial charge on any atom is -0.377 e. The summed E-state index contributed by atoms with van der Waals surface area (Å²) >= 11 is 0. The Bertz CT molecular complexity index is 802. The molecule has 0 bridgehead atoms. The number of benzene rings is 1. The molecule has 0 aliphatic carbocycles. The number of H-pyrrole nitrogens is 1. The molecular weight excluding hydrogens is 496 g/mol. The van der Waals surface area contributed by atoms with Gasteiger partial charge in [0.1, 0.15) is 5.82 Å². The Balaban J connectivity index is 0.00000320. The average Bonchev–Trinajstić information content (AvgIpc) is 3.10. The van der Waals surface area contributed by atoms with Crippen molar-refractivity contribution in [2.45, 2.75) is 45.3 Å². The first kappa shape index (κ1) is 24.9. The summed E-state index contributed by atoms with van der Waals surface area (Å²) in [5.41, 5.74) is 2.08. The van der Waals surface area contributed by atoms with Gasteiger partial charge in [-0.05, 0) is 56.9 Å². The van der Waals surface area contributed by atoms with Crippen LogP contribution < -0.4 is 10.6 Å². The minimum absolute atomic E-state index is 0. The first-order valence-corrected chi connectivity index (χ1v) is 10.6. The van der Waals surface area contributed by atoms with E-state index in [0.717, 1.165) is 74.5 Å². The highest BCUT2D eigenvalue weighted by Gasteiger charge is 2.19.